The molecule has 2 aliphatic heterocycles. The largest absolute Gasteiger partial charge is 0.394 e. The molecule has 3 N–H and O–H groups in total. The van der Waals surface area contributed by atoms with E-state index in [0.717, 1.165) is 16.7 Å². The van der Waals surface area contributed by atoms with Gasteiger partial charge in [-0.2, -0.15) is 0 Å². The number of hydrogen-bond donors (Lipinski definition) is 3. The summed E-state index contributed by atoms with van der Waals surface area (Å²) in [7, 11) is 1.77. The highest BCUT2D eigenvalue weighted by molar-refractivity contribution is 6.33. The van der Waals surface area contributed by atoms with Crippen LogP contribution in [0.2, 0.25) is 5.02 Å². The Balaban J connectivity index is 1.30. The van der Waals surface area contributed by atoms with Crippen LogP contribution in [0.25, 0.3) is 11.3 Å². The number of fused-ring (bicyclic) bond motifs is 1. The maximum Gasteiger partial charge on any atom is 0.255 e. The number of aromatic nitrogens is 2. The van der Waals surface area contributed by atoms with E-state index >= 15 is 0 Å². The van der Waals surface area contributed by atoms with Crippen LogP contribution in [-0.4, -0.2) is 74.9 Å². The summed E-state index contributed by atoms with van der Waals surface area (Å²) in [5.41, 5.74) is 4.24. The normalized spacial score (nSPS) is 18.2. The highest BCUT2D eigenvalue weighted by Gasteiger charge is 2.35. The van der Waals surface area contributed by atoms with Crippen molar-refractivity contribution in [2.75, 3.05) is 25.5 Å². The molecular formula is C30H33ClN6O4. The number of aryl methyl sites for hydroxylation is 1. The smallest absolute Gasteiger partial charge is 0.255 e. The third-order valence-electron chi connectivity index (χ3n) is 7.71. The number of nitrogens with one attached hydrogen (secondary N) is 2. The van der Waals surface area contributed by atoms with E-state index in [1.165, 1.54) is 11.1 Å². The van der Waals surface area contributed by atoms with Crippen LogP contribution < -0.4 is 10.6 Å². The number of amides is 3. The van der Waals surface area contributed by atoms with E-state index in [1.54, 1.807) is 24.9 Å². The molecule has 3 unspecified atom stereocenters. The van der Waals surface area contributed by atoms with Gasteiger partial charge in [-0.05, 0) is 37.5 Å². The number of rotatable bonds is 8. The van der Waals surface area contributed by atoms with Gasteiger partial charge >= 0.3 is 0 Å². The van der Waals surface area contributed by atoms with Crippen LogP contribution in [0.15, 0.2) is 48.7 Å². The zero-order chi connectivity index (χ0) is 29.3. The number of carbonyl (C=O) groups is 3. The number of hydrogen-bond acceptors (Lipinski definition) is 7. The second-order valence-corrected chi connectivity index (χ2v) is 11.1. The molecule has 3 amide bonds. The van der Waals surface area contributed by atoms with Gasteiger partial charge in [-0.1, -0.05) is 53.6 Å². The molecule has 5 rings (SSSR count). The van der Waals surface area contributed by atoms with E-state index in [-0.39, 0.29) is 36.9 Å². The fourth-order valence-corrected chi connectivity index (χ4v) is 5.49. The topological polar surface area (TPSA) is 128 Å². The molecule has 1 fully saturated rings. The number of benzene rings is 2. The summed E-state index contributed by atoms with van der Waals surface area (Å²) in [6.07, 6.45) is 2.66. The number of aliphatic hydroxyl groups is 1. The van der Waals surface area contributed by atoms with Crippen molar-refractivity contribution >= 4 is 35.3 Å². The first-order chi connectivity index (χ1) is 19.6. The summed E-state index contributed by atoms with van der Waals surface area (Å²) in [6, 6.07) is 11.7. The number of nitrogens with zero attached hydrogens (tertiary/aromatic N) is 4. The Labute approximate surface area is 243 Å². The van der Waals surface area contributed by atoms with Crippen molar-refractivity contribution < 1.29 is 19.5 Å². The average molecular weight is 577 g/mol. The summed E-state index contributed by atoms with van der Waals surface area (Å²) in [5.74, 6) is -0.109. The minimum absolute atomic E-state index is 0.0193. The third kappa shape index (κ3) is 6.03. The molecule has 214 valence electrons. The number of likely N-dealkylation sites (tertiary alicyclic amines) is 1. The standard InChI is InChI=1S/C30H33ClN6O4/c1-17-5-4-6-19(11-17)25(16-38)34-28(40)18(2)37-14-21-8-7-20(12-23(21)29(37)41)27-24(31)13-32-30(35-27)33-22-9-10-26(39)36(3)15-22/h4-8,11-13,18,22,25,38H,9-10,14-16H2,1-3H3,(H,34,40)(H,32,33,35). The van der Waals surface area contributed by atoms with Gasteiger partial charge in [0.25, 0.3) is 5.91 Å². The van der Waals surface area contributed by atoms with Crippen LogP contribution in [-0.2, 0) is 16.1 Å². The van der Waals surface area contributed by atoms with Gasteiger partial charge in [0.05, 0.1) is 29.6 Å². The van der Waals surface area contributed by atoms with Gasteiger partial charge in [-0.25, -0.2) is 9.97 Å². The molecule has 3 aromatic rings. The van der Waals surface area contributed by atoms with Crippen LogP contribution in [0.5, 0.6) is 0 Å². The van der Waals surface area contributed by atoms with E-state index < -0.39 is 12.1 Å². The Morgan fingerprint density at radius 1 is 1.22 bits per heavy atom. The maximum atomic E-state index is 13.5. The molecule has 3 atom stereocenters. The fraction of sp³-hybridized carbons (Fsp3) is 0.367. The van der Waals surface area contributed by atoms with Crippen LogP contribution in [0, 0.1) is 6.92 Å². The van der Waals surface area contributed by atoms with Gasteiger partial charge in [-0.15, -0.1) is 0 Å². The fourth-order valence-electron chi connectivity index (χ4n) is 5.29. The second-order valence-electron chi connectivity index (χ2n) is 10.7. The lowest BCUT2D eigenvalue weighted by Gasteiger charge is -2.30. The lowest BCUT2D eigenvalue weighted by molar-refractivity contribution is -0.132. The van der Waals surface area contributed by atoms with Crippen molar-refractivity contribution in [1.29, 1.82) is 0 Å². The lowest BCUT2D eigenvalue weighted by atomic mass is 10.0. The molecule has 41 heavy (non-hydrogen) atoms. The number of piperidine rings is 1. The number of halogens is 1. The van der Waals surface area contributed by atoms with E-state index in [0.29, 0.717) is 47.2 Å². The Bertz CT molecular complexity index is 1500. The molecule has 1 aromatic heterocycles. The van der Waals surface area contributed by atoms with Gasteiger partial charge in [0.1, 0.15) is 6.04 Å². The zero-order valence-corrected chi connectivity index (χ0v) is 24.0. The molecule has 10 nitrogen and oxygen atoms in total. The molecule has 0 saturated carbocycles. The van der Waals surface area contributed by atoms with Crippen LogP contribution >= 0.6 is 11.6 Å². The number of anilines is 1. The molecule has 2 aliphatic rings. The minimum Gasteiger partial charge on any atom is -0.394 e. The van der Waals surface area contributed by atoms with Gasteiger partial charge < -0.3 is 25.5 Å². The molecule has 11 heteroatoms. The first kappa shape index (κ1) is 28.5. The minimum atomic E-state index is -0.754. The Morgan fingerprint density at radius 2 is 2.02 bits per heavy atom. The second kappa shape index (κ2) is 11.8. The summed E-state index contributed by atoms with van der Waals surface area (Å²) < 4.78 is 0. The summed E-state index contributed by atoms with van der Waals surface area (Å²) in [6.45, 7) is 4.21. The summed E-state index contributed by atoms with van der Waals surface area (Å²) in [4.78, 5) is 50.5. The predicted octanol–water partition coefficient (Wildman–Crippen LogP) is 3.33. The molecule has 3 heterocycles. The van der Waals surface area contributed by atoms with Crippen LogP contribution in [0.3, 0.4) is 0 Å². The first-order valence-corrected chi connectivity index (χ1v) is 14.0. The van der Waals surface area contributed by atoms with Crippen molar-refractivity contribution in [3.8, 4) is 11.3 Å². The highest BCUT2D eigenvalue weighted by Crippen LogP contribution is 2.32. The van der Waals surface area contributed by atoms with Crippen molar-refractivity contribution in [3.05, 3.63) is 75.9 Å². The summed E-state index contributed by atoms with van der Waals surface area (Å²) in [5, 5.41) is 16.4. The Hall–Kier alpha value is -4.02. The van der Waals surface area contributed by atoms with Gasteiger partial charge in [-0.3, -0.25) is 14.4 Å². The highest BCUT2D eigenvalue weighted by atomic mass is 35.5. The molecule has 1 saturated heterocycles. The van der Waals surface area contributed by atoms with E-state index in [2.05, 4.69) is 20.6 Å². The van der Waals surface area contributed by atoms with Crippen molar-refractivity contribution in [3.63, 3.8) is 0 Å². The van der Waals surface area contributed by atoms with Crippen LogP contribution in [0.4, 0.5) is 5.95 Å². The van der Waals surface area contributed by atoms with E-state index in [4.69, 9.17) is 11.6 Å². The van der Waals surface area contributed by atoms with Gasteiger partial charge in [0, 0.05) is 43.7 Å². The number of carbonyl (C=O) groups excluding carboxylic acids is 3. The van der Waals surface area contributed by atoms with Crippen molar-refractivity contribution in [1.82, 2.24) is 25.1 Å². The SMILES string of the molecule is Cc1cccc(C(CO)NC(=O)C(C)N2Cc3ccc(-c4nc(NC5CCC(=O)N(C)C5)ncc4Cl)cc3C2=O)c1. The molecular weight excluding hydrogens is 544 g/mol. The Morgan fingerprint density at radius 3 is 2.76 bits per heavy atom. The average Bonchev–Trinajstić information content (AvgIpc) is 3.29. The predicted molar refractivity (Wildman–Crippen MR) is 155 cm³/mol. The van der Waals surface area contributed by atoms with Gasteiger partial charge in [0.2, 0.25) is 17.8 Å². The zero-order valence-electron chi connectivity index (χ0n) is 23.2. The number of aliphatic hydroxyl groups excluding tert-OH is 1. The van der Waals surface area contributed by atoms with Gasteiger partial charge in [0.15, 0.2) is 0 Å². The maximum absolute atomic E-state index is 13.5. The molecule has 0 aliphatic carbocycles. The molecule has 0 spiro atoms. The van der Waals surface area contributed by atoms with Crippen LogP contribution in [0.1, 0.15) is 52.9 Å². The van der Waals surface area contributed by atoms with E-state index in [1.807, 2.05) is 43.3 Å². The molecule has 2 aromatic carbocycles. The van der Waals surface area contributed by atoms with Crippen molar-refractivity contribution in [2.24, 2.45) is 0 Å². The quantitative estimate of drug-likeness (QED) is 0.375. The molecule has 0 bridgehead atoms. The monoisotopic (exact) mass is 576 g/mol. The number of likely N-dealkylation sites (N-methyl/N-ethyl adjacent to an activating group) is 1. The van der Waals surface area contributed by atoms with Crippen molar-refractivity contribution in [2.45, 2.75) is 51.4 Å². The molecule has 0 radical (unpaired) electrons. The Kier molecular flexibility index (Phi) is 8.23. The third-order valence-corrected chi connectivity index (χ3v) is 7.99. The first-order valence-electron chi connectivity index (χ1n) is 13.6. The lowest BCUT2D eigenvalue weighted by Crippen LogP contribution is -2.46. The van der Waals surface area contributed by atoms with E-state index in [9.17, 15) is 19.5 Å². The summed E-state index contributed by atoms with van der Waals surface area (Å²) >= 11 is 6.47.